The van der Waals surface area contributed by atoms with Gasteiger partial charge in [-0.05, 0) is 19.1 Å². The van der Waals surface area contributed by atoms with Crippen LogP contribution < -0.4 is 0 Å². The molecule has 1 atom stereocenters. The van der Waals surface area contributed by atoms with Crippen molar-refractivity contribution in [1.82, 2.24) is 4.31 Å². The van der Waals surface area contributed by atoms with Gasteiger partial charge in [-0.25, -0.2) is 13.2 Å². The number of ether oxygens (including phenoxy) is 1. The van der Waals surface area contributed by atoms with Crippen LogP contribution in [0.4, 0.5) is 13.2 Å². The first-order chi connectivity index (χ1) is 12.0. The predicted octanol–water partition coefficient (Wildman–Crippen LogP) is 2.67. The van der Waals surface area contributed by atoms with E-state index < -0.39 is 45.6 Å². The average molecular weight is 389 g/mol. The normalized spacial score (nSPS) is 14.3. The molecule has 0 bridgehead atoms. The molecule has 1 aromatic rings. The maximum absolute atomic E-state index is 13.9. The molecule has 1 aromatic carbocycles. The number of aryl methyl sites for hydroxylation is 1. The van der Waals surface area contributed by atoms with Gasteiger partial charge in [0.05, 0.1) is 12.0 Å². The molecular weight excluding hydrogens is 371 g/mol. The fraction of sp³-hybridized carbons (Fsp3) is 0.353. The summed E-state index contributed by atoms with van der Waals surface area (Å²) in [6.07, 6.45) is -0.603. The van der Waals surface area contributed by atoms with Gasteiger partial charge in [0.1, 0.15) is 0 Å². The molecule has 0 aliphatic heterocycles. The fourth-order valence-electron chi connectivity index (χ4n) is 2.35. The number of benzene rings is 1. The maximum atomic E-state index is 13.9. The molecule has 0 aliphatic rings. The van der Waals surface area contributed by atoms with Gasteiger partial charge in [-0.1, -0.05) is 23.8 Å². The summed E-state index contributed by atoms with van der Waals surface area (Å²) in [5.74, 6) is -0.0783. The zero-order valence-electron chi connectivity index (χ0n) is 14.2. The van der Waals surface area contributed by atoms with E-state index in [0.29, 0.717) is 5.56 Å². The summed E-state index contributed by atoms with van der Waals surface area (Å²) in [5.41, 5.74) is -2.87. The van der Waals surface area contributed by atoms with Crippen LogP contribution in [0.5, 0.6) is 0 Å². The topological polar surface area (TPSA) is 63.7 Å². The monoisotopic (exact) mass is 389 g/mol. The average Bonchev–Trinajstić information content (AvgIpc) is 2.56. The molecule has 0 saturated carbocycles. The van der Waals surface area contributed by atoms with Crippen LogP contribution in [-0.2, 0) is 19.6 Å². The van der Waals surface area contributed by atoms with Crippen molar-refractivity contribution in [1.29, 1.82) is 0 Å². The number of hydrogen-bond donors (Lipinski definition) is 0. The second kappa shape index (κ2) is 7.93. The Labute approximate surface area is 150 Å². The van der Waals surface area contributed by atoms with Crippen molar-refractivity contribution in [2.24, 2.45) is 0 Å². The molecule has 26 heavy (non-hydrogen) atoms. The highest BCUT2D eigenvalue weighted by Gasteiger charge is 2.67. The minimum absolute atomic E-state index is 0.0106. The van der Waals surface area contributed by atoms with Crippen molar-refractivity contribution in [2.75, 3.05) is 13.7 Å². The summed E-state index contributed by atoms with van der Waals surface area (Å²) in [7, 11) is -4.03. The van der Waals surface area contributed by atoms with Crippen molar-refractivity contribution in [3.05, 3.63) is 42.5 Å². The Balaban J connectivity index is 3.79. The minimum atomic E-state index is -5.33. The fourth-order valence-corrected chi connectivity index (χ4v) is 4.04. The molecule has 0 saturated heterocycles. The standard InChI is InChI=1S/C17H18F3NO4S/c1-5-11-16(15(22)25-4,17(18,19)20)21(12-6-2)26(23,24)14-9-7-13(3)8-10-14/h1,6-10H,2,11-12H2,3-4H3. The van der Waals surface area contributed by atoms with Gasteiger partial charge in [0.2, 0.25) is 15.6 Å². The summed E-state index contributed by atoms with van der Waals surface area (Å²) in [6, 6.07) is 5.14. The largest absolute Gasteiger partial charge is 0.467 e. The number of esters is 1. The molecule has 9 heteroatoms. The number of alkyl halides is 3. The smallest absolute Gasteiger partial charge is 0.419 e. The number of carbonyl (C=O) groups is 1. The summed E-state index contributed by atoms with van der Waals surface area (Å²) in [6.45, 7) is 4.17. The molecule has 0 amide bonds. The number of nitrogens with zero attached hydrogens (tertiary/aromatic N) is 1. The van der Waals surface area contributed by atoms with E-state index in [9.17, 15) is 26.4 Å². The van der Waals surface area contributed by atoms with Gasteiger partial charge in [-0.2, -0.15) is 17.5 Å². The van der Waals surface area contributed by atoms with Crippen LogP contribution in [0.3, 0.4) is 0 Å². The molecule has 0 aliphatic carbocycles. The lowest BCUT2D eigenvalue weighted by atomic mass is 9.94. The molecule has 1 rings (SSSR count). The Bertz CT molecular complexity index is 810. The second-order valence-corrected chi connectivity index (χ2v) is 7.23. The van der Waals surface area contributed by atoms with Gasteiger partial charge >= 0.3 is 12.1 Å². The molecule has 0 N–H and O–H groups in total. The van der Waals surface area contributed by atoms with E-state index in [1.807, 2.05) is 0 Å². The van der Waals surface area contributed by atoms with Crippen LogP contribution in [0, 0.1) is 19.3 Å². The number of halogens is 3. The van der Waals surface area contributed by atoms with Crippen LogP contribution in [0.15, 0.2) is 41.8 Å². The van der Waals surface area contributed by atoms with Crippen molar-refractivity contribution in [2.45, 2.75) is 30.0 Å². The van der Waals surface area contributed by atoms with Gasteiger partial charge < -0.3 is 4.74 Å². The molecule has 0 radical (unpaired) electrons. The number of carbonyl (C=O) groups excluding carboxylic acids is 1. The molecule has 5 nitrogen and oxygen atoms in total. The highest BCUT2D eigenvalue weighted by atomic mass is 32.2. The quantitative estimate of drug-likeness (QED) is 0.409. The van der Waals surface area contributed by atoms with Gasteiger partial charge in [-0.15, -0.1) is 18.9 Å². The van der Waals surface area contributed by atoms with Crippen molar-refractivity contribution >= 4 is 16.0 Å². The molecule has 1 unspecified atom stereocenters. The first-order valence-corrected chi connectivity index (χ1v) is 8.72. The zero-order chi connectivity index (χ0) is 20.2. The third-order valence-electron chi connectivity index (χ3n) is 3.68. The minimum Gasteiger partial charge on any atom is -0.467 e. The van der Waals surface area contributed by atoms with Gasteiger partial charge in [0.15, 0.2) is 0 Å². The molecule has 0 aromatic heterocycles. The molecule has 0 fully saturated rings. The van der Waals surface area contributed by atoms with Gasteiger partial charge in [0.25, 0.3) is 0 Å². The van der Waals surface area contributed by atoms with Crippen LogP contribution >= 0.6 is 0 Å². The molecule has 0 spiro atoms. The van der Waals surface area contributed by atoms with E-state index in [-0.39, 0.29) is 4.31 Å². The number of methoxy groups -OCH3 is 1. The predicted molar refractivity (Wildman–Crippen MR) is 89.5 cm³/mol. The van der Waals surface area contributed by atoms with Crippen molar-refractivity contribution in [3.63, 3.8) is 0 Å². The zero-order valence-corrected chi connectivity index (χ0v) is 15.0. The number of hydrogen-bond acceptors (Lipinski definition) is 4. The van der Waals surface area contributed by atoms with Crippen LogP contribution in [0.2, 0.25) is 0 Å². The summed E-state index contributed by atoms with van der Waals surface area (Å²) in [4.78, 5) is 11.7. The SMILES string of the molecule is C#CCC(C(=O)OC)(N(CC=C)S(=O)(=O)c1ccc(C)cc1)C(F)(F)F. The van der Waals surface area contributed by atoms with E-state index in [1.54, 1.807) is 12.8 Å². The second-order valence-electron chi connectivity index (χ2n) is 5.37. The molecular formula is C17H18F3NO4S. The molecule has 142 valence electrons. The van der Waals surface area contributed by atoms with Gasteiger partial charge in [0, 0.05) is 13.0 Å². The summed E-state index contributed by atoms with van der Waals surface area (Å²) < 4.78 is 72.0. The third-order valence-corrected chi connectivity index (χ3v) is 5.59. The lowest BCUT2D eigenvalue weighted by Crippen LogP contribution is -2.65. The van der Waals surface area contributed by atoms with Crippen molar-refractivity contribution in [3.8, 4) is 12.3 Å². The van der Waals surface area contributed by atoms with E-state index in [1.165, 1.54) is 12.1 Å². The van der Waals surface area contributed by atoms with Crippen molar-refractivity contribution < 1.29 is 31.1 Å². The maximum Gasteiger partial charge on any atom is 0.419 e. The Morgan fingerprint density at radius 1 is 1.35 bits per heavy atom. The first-order valence-electron chi connectivity index (χ1n) is 7.28. The van der Waals surface area contributed by atoms with Gasteiger partial charge in [-0.3, -0.25) is 0 Å². The Kier molecular flexibility index (Phi) is 6.63. The van der Waals surface area contributed by atoms with E-state index >= 15 is 0 Å². The highest BCUT2D eigenvalue weighted by Crippen LogP contribution is 2.42. The Hall–Kier alpha value is -2.31. The van der Waals surface area contributed by atoms with Crippen LogP contribution in [-0.4, -0.2) is 44.1 Å². The Morgan fingerprint density at radius 2 is 1.88 bits per heavy atom. The van der Waals surface area contributed by atoms with E-state index in [2.05, 4.69) is 11.3 Å². The Morgan fingerprint density at radius 3 is 2.27 bits per heavy atom. The summed E-state index contributed by atoms with van der Waals surface area (Å²) >= 11 is 0. The van der Waals surface area contributed by atoms with Crippen LogP contribution in [0.1, 0.15) is 12.0 Å². The number of sulfonamides is 1. The van der Waals surface area contributed by atoms with Crippen LogP contribution in [0.25, 0.3) is 0 Å². The highest BCUT2D eigenvalue weighted by molar-refractivity contribution is 7.89. The number of rotatable bonds is 7. The molecule has 0 heterocycles. The van der Waals surface area contributed by atoms with E-state index in [4.69, 9.17) is 6.42 Å². The first kappa shape index (κ1) is 21.7. The third kappa shape index (κ3) is 3.76. The number of terminal acetylenes is 1. The lowest BCUT2D eigenvalue weighted by molar-refractivity contribution is -0.225. The van der Waals surface area contributed by atoms with E-state index in [0.717, 1.165) is 25.3 Å². The summed E-state index contributed by atoms with van der Waals surface area (Å²) in [5, 5.41) is 0. The lowest BCUT2D eigenvalue weighted by Gasteiger charge is -2.39.